The largest absolute Gasteiger partial charge is 0.394 e. The van der Waals surface area contributed by atoms with E-state index in [0.717, 1.165) is 6.42 Å². The Balaban J connectivity index is 1.49. The number of amides is 1. The summed E-state index contributed by atoms with van der Waals surface area (Å²) in [6.45, 7) is 2.98. The fraction of sp³-hybridized carbons (Fsp3) is 0.450. The Kier molecular flexibility index (Phi) is 4.02. The zero-order chi connectivity index (χ0) is 16.7. The van der Waals surface area contributed by atoms with Gasteiger partial charge in [-0.05, 0) is 35.6 Å². The minimum Gasteiger partial charge on any atom is -0.394 e. The molecule has 1 saturated heterocycles. The molecule has 2 aromatic rings. The Hall–Kier alpha value is -1.91. The number of ether oxygens (including phenoxy) is 1. The molecule has 4 heteroatoms. The number of carbonyl (C=O) groups is 1. The number of nitrogens with zero attached hydrogens (tertiary/aromatic N) is 1. The Morgan fingerprint density at radius 2 is 2.04 bits per heavy atom. The van der Waals surface area contributed by atoms with Gasteiger partial charge in [0.05, 0.1) is 25.4 Å². The number of aliphatic hydroxyl groups excluding tert-OH is 1. The molecule has 1 amide bonds. The van der Waals surface area contributed by atoms with Crippen molar-refractivity contribution in [3.8, 4) is 0 Å². The van der Waals surface area contributed by atoms with E-state index in [1.807, 2.05) is 24.0 Å². The van der Waals surface area contributed by atoms with E-state index in [1.165, 1.54) is 16.3 Å². The van der Waals surface area contributed by atoms with E-state index in [9.17, 15) is 9.90 Å². The van der Waals surface area contributed by atoms with Gasteiger partial charge in [0.1, 0.15) is 0 Å². The fourth-order valence-electron chi connectivity index (χ4n) is 3.72. The van der Waals surface area contributed by atoms with Crippen molar-refractivity contribution in [2.45, 2.75) is 31.4 Å². The molecule has 1 heterocycles. The smallest absolute Gasteiger partial charge is 0.226 e. The van der Waals surface area contributed by atoms with E-state index in [-0.39, 0.29) is 30.6 Å². The second kappa shape index (κ2) is 6.19. The summed E-state index contributed by atoms with van der Waals surface area (Å²) in [6.07, 6.45) is 0.674. The summed E-state index contributed by atoms with van der Waals surface area (Å²) in [6, 6.07) is 14.9. The first-order valence-corrected chi connectivity index (χ1v) is 8.69. The van der Waals surface area contributed by atoms with Crippen molar-refractivity contribution in [1.82, 2.24) is 4.90 Å². The van der Waals surface area contributed by atoms with E-state index >= 15 is 0 Å². The summed E-state index contributed by atoms with van der Waals surface area (Å²) in [5, 5.41) is 11.8. The highest BCUT2D eigenvalue weighted by Gasteiger charge is 2.47. The van der Waals surface area contributed by atoms with Crippen molar-refractivity contribution < 1.29 is 14.6 Å². The van der Waals surface area contributed by atoms with Gasteiger partial charge in [0.2, 0.25) is 5.91 Å². The Morgan fingerprint density at radius 3 is 2.83 bits per heavy atom. The lowest BCUT2D eigenvalue weighted by atomic mass is 10.0. The van der Waals surface area contributed by atoms with Crippen LogP contribution < -0.4 is 0 Å². The molecule has 0 bridgehead atoms. The lowest BCUT2D eigenvalue weighted by Gasteiger charge is -2.37. The number of hydrogen-bond acceptors (Lipinski definition) is 3. The van der Waals surface area contributed by atoms with Crippen LogP contribution in [0.25, 0.3) is 10.8 Å². The number of fused-ring (bicyclic) bond motifs is 1. The fourth-order valence-corrected chi connectivity index (χ4v) is 3.72. The first-order valence-electron chi connectivity index (χ1n) is 8.69. The molecule has 0 radical (unpaired) electrons. The number of hydrogen-bond donors (Lipinski definition) is 1. The number of morpholine rings is 1. The van der Waals surface area contributed by atoms with Crippen molar-refractivity contribution in [3.63, 3.8) is 0 Å². The molecule has 2 aromatic carbocycles. The van der Waals surface area contributed by atoms with E-state index < -0.39 is 0 Å². The maximum Gasteiger partial charge on any atom is 0.226 e. The molecule has 1 saturated carbocycles. The maximum atomic E-state index is 12.9. The lowest BCUT2D eigenvalue weighted by molar-refractivity contribution is -0.147. The molecular formula is C20H23NO3. The molecule has 0 spiro atoms. The summed E-state index contributed by atoms with van der Waals surface area (Å²) in [7, 11) is 0. The van der Waals surface area contributed by atoms with E-state index in [1.54, 1.807) is 0 Å². The molecule has 4 rings (SSSR count). The predicted molar refractivity (Wildman–Crippen MR) is 92.8 cm³/mol. The van der Waals surface area contributed by atoms with Crippen molar-refractivity contribution in [1.29, 1.82) is 0 Å². The first-order chi connectivity index (χ1) is 11.7. The Labute approximate surface area is 142 Å². The molecule has 1 aliphatic carbocycles. The molecule has 126 valence electrons. The van der Waals surface area contributed by atoms with Crippen LogP contribution in [0.3, 0.4) is 0 Å². The maximum absolute atomic E-state index is 12.9. The molecule has 1 aliphatic heterocycles. The zero-order valence-corrected chi connectivity index (χ0v) is 13.9. The van der Waals surface area contributed by atoms with Gasteiger partial charge in [-0.15, -0.1) is 0 Å². The van der Waals surface area contributed by atoms with Gasteiger partial charge < -0.3 is 14.7 Å². The second-order valence-electron chi connectivity index (χ2n) is 7.03. The molecular weight excluding hydrogens is 302 g/mol. The van der Waals surface area contributed by atoms with E-state index in [2.05, 4.69) is 30.3 Å². The minimum absolute atomic E-state index is 0.0325. The number of aliphatic hydroxyl groups is 1. The molecule has 4 nitrogen and oxygen atoms in total. The van der Waals surface area contributed by atoms with Gasteiger partial charge >= 0.3 is 0 Å². The van der Waals surface area contributed by atoms with E-state index in [0.29, 0.717) is 19.1 Å². The predicted octanol–water partition coefficient (Wildman–Crippen LogP) is 2.55. The van der Waals surface area contributed by atoms with Crippen molar-refractivity contribution in [2.75, 3.05) is 19.8 Å². The third-order valence-electron chi connectivity index (χ3n) is 5.30. The van der Waals surface area contributed by atoms with E-state index in [4.69, 9.17) is 4.74 Å². The molecule has 24 heavy (non-hydrogen) atoms. The van der Waals surface area contributed by atoms with Crippen molar-refractivity contribution in [3.05, 3.63) is 48.0 Å². The number of rotatable bonds is 3. The second-order valence-corrected chi connectivity index (χ2v) is 7.03. The summed E-state index contributed by atoms with van der Waals surface area (Å²) in [5.74, 6) is 0.609. The molecule has 2 aliphatic rings. The van der Waals surface area contributed by atoms with Crippen LogP contribution in [-0.2, 0) is 9.53 Å². The standard InChI is InChI=1S/C20H23NO3/c1-13-12-24-17(11-22)10-21(13)20(23)19-9-18(19)16-7-6-14-4-2-3-5-15(14)8-16/h2-8,13,17-19,22H,9-12H2,1H3. The average molecular weight is 325 g/mol. The molecule has 2 fully saturated rings. The van der Waals surface area contributed by atoms with Crippen LogP contribution in [0.4, 0.5) is 0 Å². The Morgan fingerprint density at radius 1 is 1.25 bits per heavy atom. The van der Waals surface area contributed by atoms with Gasteiger partial charge in [-0.25, -0.2) is 0 Å². The highest BCUT2D eigenvalue weighted by Crippen LogP contribution is 2.49. The number of carbonyl (C=O) groups excluding carboxylic acids is 1. The minimum atomic E-state index is -0.247. The van der Waals surface area contributed by atoms with Gasteiger partial charge in [0.15, 0.2) is 0 Å². The monoisotopic (exact) mass is 325 g/mol. The first kappa shape index (κ1) is 15.6. The average Bonchev–Trinajstić information content (AvgIpc) is 3.42. The molecule has 0 aromatic heterocycles. The van der Waals surface area contributed by atoms with Gasteiger partial charge in [-0.1, -0.05) is 42.5 Å². The normalized spacial score (nSPS) is 29.7. The third-order valence-corrected chi connectivity index (χ3v) is 5.30. The molecule has 4 unspecified atom stereocenters. The Bertz CT molecular complexity index is 759. The van der Waals surface area contributed by atoms with Crippen LogP contribution in [0.1, 0.15) is 24.8 Å². The van der Waals surface area contributed by atoms with Crippen LogP contribution in [0.2, 0.25) is 0 Å². The third kappa shape index (κ3) is 2.80. The summed E-state index contributed by atoms with van der Waals surface area (Å²) in [5.41, 5.74) is 1.26. The van der Waals surface area contributed by atoms with Crippen molar-refractivity contribution in [2.24, 2.45) is 5.92 Å². The highest BCUT2D eigenvalue weighted by molar-refractivity contribution is 5.86. The van der Waals surface area contributed by atoms with Gasteiger partial charge in [-0.2, -0.15) is 0 Å². The SMILES string of the molecule is CC1COC(CO)CN1C(=O)C1CC1c1ccc2ccccc2c1. The van der Waals surface area contributed by atoms with Crippen molar-refractivity contribution >= 4 is 16.7 Å². The zero-order valence-electron chi connectivity index (χ0n) is 13.9. The van der Waals surface area contributed by atoms with Crippen LogP contribution in [-0.4, -0.2) is 47.8 Å². The quantitative estimate of drug-likeness (QED) is 0.943. The van der Waals surface area contributed by atoms with Gasteiger partial charge in [-0.3, -0.25) is 4.79 Å². The summed E-state index contributed by atoms with van der Waals surface area (Å²) in [4.78, 5) is 14.8. The van der Waals surface area contributed by atoms with Gasteiger partial charge in [0.25, 0.3) is 0 Å². The summed E-state index contributed by atoms with van der Waals surface area (Å²) >= 11 is 0. The molecule has 4 atom stereocenters. The van der Waals surface area contributed by atoms with Crippen LogP contribution in [0.5, 0.6) is 0 Å². The van der Waals surface area contributed by atoms with Crippen LogP contribution in [0, 0.1) is 5.92 Å². The van der Waals surface area contributed by atoms with Crippen LogP contribution in [0.15, 0.2) is 42.5 Å². The van der Waals surface area contributed by atoms with Crippen LogP contribution >= 0.6 is 0 Å². The topological polar surface area (TPSA) is 49.8 Å². The number of benzene rings is 2. The molecule has 1 N–H and O–H groups in total. The summed E-state index contributed by atoms with van der Waals surface area (Å²) < 4.78 is 5.54. The highest BCUT2D eigenvalue weighted by atomic mass is 16.5. The lowest BCUT2D eigenvalue weighted by Crippen LogP contribution is -2.52. The van der Waals surface area contributed by atoms with Gasteiger partial charge in [0, 0.05) is 12.5 Å².